The van der Waals surface area contributed by atoms with Crippen molar-refractivity contribution in [1.29, 1.82) is 0 Å². The van der Waals surface area contributed by atoms with Crippen molar-refractivity contribution < 1.29 is 18.8 Å². The predicted molar refractivity (Wildman–Crippen MR) is 86.0 cm³/mol. The van der Waals surface area contributed by atoms with E-state index >= 15 is 0 Å². The van der Waals surface area contributed by atoms with Crippen molar-refractivity contribution in [2.75, 3.05) is 26.8 Å². The Morgan fingerprint density at radius 1 is 1.42 bits per heavy atom. The van der Waals surface area contributed by atoms with Gasteiger partial charge in [-0.05, 0) is 18.2 Å². The lowest BCUT2D eigenvalue weighted by Crippen LogP contribution is -2.42. The maximum absolute atomic E-state index is 12.7. The molecular weight excluding hydrogens is 310 g/mol. The molecule has 1 amide bonds. The highest BCUT2D eigenvalue weighted by atomic mass is 16.5. The Balaban J connectivity index is 1.73. The molecule has 1 aromatic carbocycles. The zero-order chi connectivity index (χ0) is 17.1. The summed E-state index contributed by atoms with van der Waals surface area (Å²) in [5, 5.41) is 3.99. The predicted octanol–water partition coefficient (Wildman–Crippen LogP) is 2.42. The second kappa shape index (κ2) is 7.00. The molecule has 2 aromatic rings. The minimum Gasteiger partial charge on any atom is -0.497 e. The Bertz CT molecular complexity index is 713. The summed E-state index contributed by atoms with van der Waals surface area (Å²) in [5.74, 6) is 1.82. The molecule has 128 valence electrons. The van der Waals surface area contributed by atoms with Crippen molar-refractivity contribution in [2.24, 2.45) is 0 Å². The van der Waals surface area contributed by atoms with Crippen molar-refractivity contribution in [3.05, 3.63) is 41.5 Å². The molecule has 7 heteroatoms. The van der Waals surface area contributed by atoms with E-state index in [1.807, 2.05) is 19.9 Å². The molecule has 1 saturated heterocycles. The van der Waals surface area contributed by atoms with Crippen LogP contribution in [0.15, 0.2) is 28.8 Å². The maximum Gasteiger partial charge on any atom is 0.254 e. The monoisotopic (exact) mass is 331 g/mol. The van der Waals surface area contributed by atoms with Crippen molar-refractivity contribution in [1.82, 2.24) is 15.0 Å². The van der Waals surface area contributed by atoms with Crippen LogP contribution >= 0.6 is 0 Å². The van der Waals surface area contributed by atoms with Gasteiger partial charge in [-0.2, -0.15) is 4.98 Å². The summed E-state index contributed by atoms with van der Waals surface area (Å²) in [5.41, 5.74) is 0.589. The molecule has 0 spiro atoms. The van der Waals surface area contributed by atoms with Crippen LogP contribution in [0.1, 0.15) is 47.9 Å². The van der Waals surface area contributed by atoms with E-state index in [0.29, 0.717) is 42.7 Å². The molecule has 3 rings (SSSR count). The number of hydrogen-bond acceptors (Lipinski definition) is 6. The second-order valence-corrected chi connectivity index (χ2v) is 5.99. The molecule has 7 nitrogen and oxygen atoms in total. The Morgan fingerprint density at radius 3 is 2.96 bits per heavy atom. The Hall–Kier alpha value is -2.41. The number of rotatable bonds is 4. The van der Waals surface area contributed by atoms with Crippen molar-refractivity contribution in [3.63, 3.8) is 0 Å². The third-order valence-electron chi connectivity index (χ3n) is 3.91. The summed E-state index contributed by atoms with van der Waals surface area (Å²) in [4.78, 5) is 18.8. The fourth-order valence-electron chi connectivity index (χ4n) is 2.54. The molecule has 1 atom stereocenters. The number of methoxy groups -OCH3 is 1. The van der Waals surface area contributed by atoms with Gasteiger partial charge in [-0.3, -0.25) is 4.79 Å². The highest BCUT2D eigenvalue weighted by Crippen LogP contribution is 2.23. The lowest BCUT2D eigenvalue weighted by molar-refractivity contribution is -0.0276. The largest absolute Gasteiger partial charge is 0.497 e. The van der Waals surface area contributed by atoms with Crippen LogP contribution in [0.5, 0.6) is 5.75 Å². The normalized spacial score (nSPS) is 18.0. The third-order valence-corrected chi connectivity index (χ3v) is 3.91. The average Bonchev–Trinajstić information content (AvgIpc) is 3.12. The van der Waals surface area contributed by atoms with Gasteiger partial charge in [0.1, 0.15) is 11.9 Å². The summed E-state index contributed by atoms with van der Waals surface area (Å²) in [6.07, 6.45) is -0.371. The van der Waals surface area contributed by atoms with Gasteiger partial charge in [-0.15, -0.1) is 0 Å². The summed E-state index contributed by atoms with van der Waals surface area (Å²) < 4.78 is 16.1. The SMILES string of the molecule is COc1cccc(C(=O)N2CCOC(c3noc(C(C)C)n3)C2)c1. The molecule has 1 aliphatic rings. The highest BCUT2D eigenvalue weighted by Gasteiger charge is 2.29. The highest BCUT2D eigenvalue weighted by molar-refractivity contribution is 5.94. The summed E-state index contributed by atoms with van der Waals surface area (Å²) in [6.45, 7) is 5.33. The fourth-order valence-corrected chi connectivity index (χ4v) is 2.54. The van der Waals surface area contributed by atoms with E-state index in [4.69, 9.17) is 14.0 Å². The number of hydrogen-bond donors (Lipinski definition) is 0. The molecule has 0 N–H and O–H groups in total. The van der Waals surface area contributed by atoms with Crippen LogP contribution in [-0.4, -0.2) is 47.8 Å². The molecule has 1 aromatic heterocycles. The maximum atomic E-state index is 12.7. The van der Waals surface area contributed by atoms with E-state index in [-0.39, 0.29) is 17.9 Å². The van der Waals surface area contributed by atoms with Crippen LogP contribution < -0.4 is 4.74 Å². The molecule has 0 aliphatic carbocycles. The van der Waals surface area contributed by atoms with E-state index in [2.05, 4.69) is 10.1 Å². The number of aromatic nitrogens is 2. The third kappa shape index (κ3) is 3.41. The molecule has 0 radical (unpaired) electrons. The van der Waals surface area contributed by atoms with E-state index in [9.17, 15) is 4.79 Å². The van der Waals surface area contributed by atoms with Gasteiger partial charge in [0, 0.05) is 18.0 Å². The van der Waals surface area contributed by atoms with Crippen molar-refractivity contribution in [3.8, 4) is 5.75 Å². The molecule has 1 fully saturated rings. The van der Waals surface area contributed by atoms with Crippen LogP contribution in [0.4, 0.5) is 0 Å². The molecular formula is C17H21N3O4. The first-order valence-corrected chi connectivity index (χ1v) is 7.97. The Morgan fingerprint density at radius 2 is 2.25 bits per heavy atom. The smallest absolute Gasteiger partial charge is 0.254 e. The molecule has 2 heterocycles. The van der Waals surface area contributed by atoms with Gasteiger partial charge in [-0.25, -0.2) is 0 Å². The standard InChI is InChI=1S/C17H21N3O4/c1-11(2)16-18-15(19-24-16)14-10-20(7-8-23-14)17(21)12-5-4-6-13(9-12)22-3/h4-6,9,11,14H,7-8,10H2,1-3H3. The van der Waals surface area contributed by atoms with Gasteiger partial charge in [0.2, 0.25) is 11.7 Å². The van der Waals surface area contributed by atoms with Crippen LogP contribution in [-0.2, 0) is 4.74 Å². The Kier molecular flexibility index (Phi) is 4.80. The molecule has 1 unspecified atom stereocenters. The first kappa shape index (κ1) is 16.4. The lowest BCUT2D eigenvalue weighted by atomic mass is 10.1. The quantitative estimate of drug-likeness (QED) is 0.856. The molecule has 0 bridgehead atoms. The average molecular weight is 331 g/mol. The number of nitrogens with zero attached hydrogens (tertiary/aromatic N) is 3. The number of amides is 1. The number of morpholine rings is 1. The lowest BCUT2D eigenvalue weighted by Gasteiger charge is -2.31. The van der Waals surface area contributed by atoms with E-state index in [1.54, 1.807) is 30.2 Å². The zero-order valence-corrected chi connectivity index (χ0v) is 14.1. The summed E-state index contributed by atoms with van der Waals surface area (Å²) >= 11 is 0. The van der Waals surface area contributed by atoms with Crippen molar-refractivity contribution in [2.45, 2.75) is 25.9 Å². The van der Waals surface area contributed by atoms with Crippen LogP contribution in [0.2, 0.25) is 0 Å². The van der Waals surface area contributed by atoms with Crippen molar-refractivity contribution >= 4 is 5.91 Å². The second-order valence-electron chi connectivity index (χ2n) is 5.99. The van der Waals surface area contributed by atoms with Gasteiger partial charge in [0.25, 0.3) is 5.91 Å². The fraction of sp³-hybridized carbons (Fsp3) is 0.471. The van der Waals surface area contributed by atoms with Gasteiger partial charge in [0.15, 0.2) is 0 Å². The minimum absolute atomic E-state index is 0.0604. The minimum atomic E-state index is -0.371. The van der Waals surface area contributed by atoms with Gasteiger partial charge in [0.05, 0.1) is 20.3 Å². The van der Waals surface area contributed by atoms with E-state index in [1.165, 1.54) is 0 Å². The molecule has 24 heavy (non-hydrogen) atoms. The molecule has 1 aliphatic heterocycles. The molecule has 0 saturated carbocycles. The first-order chi connectivity index (χ1) is 11.6. The van der Waals surface area contributed by atoms with Crippen LogP contribution in [0.3, 0.4) is 0 Å². The van der Waals surface area contributed by atoms with E-state index in [0.717, 1.165) is 0 Å². The van der Waals surface area contributed by atoms with Crippen LogP contribution in [0.25, 0.3) is 0 Å². The Labute approximate surface area is 140 Å². The topological polar surface area (TPSA) is 77.7 Å². The van der Waals surface area contributed by atoms with Gasteiger partial charge < -0.3 is 18.9 Å². The number of ether oxygens (including phenoxy) is 2. The number of benzene rings is 1. The summed E-state index contributed by atoms with van der Waals surface area (Å²) in [6, 6.07) is 7.13. The first-order valence-electron chi connectivity index (χ1n) is 7.97. The number of carbonyl (C=O) groups is 1. The summed E-state index contributed by atoms with van der Waals surface area (Å²) in [7, 11) is 1.58. The zero-order valence-electron chi connectivity index (χ0n) is 14.1. The van der Waals surface area contributed by atoms with Gasteiger partial charge >= 0.3 is 0 Å². The van der Waals surface area contributed by atoms with Gasteiger partial charge in [-0.1, -0.05) is 25.1 Å². The van der Waals surface area contributed by atoms with Crippen LogP contribution in [0, 0.1) is 0 Å². The van der Waals surface area contributed by atoms with E-state index < -0.39 is 0 Å². The number of carbonyl (C=O) groups excluding carboxylic acids is 1.